The molecule has 1 aromatic rings. The molecule has 0 aliphatic heterocycles. The third kappa shape index (κ3) is 2.56. The number of nitrogens with two attached hydrogens (primary N) is 1. The summed E-state index contributed by atoms with van der Waals surface area (Å²) in [5, 5.41) is 3.97. The molecule has 2 rings (SSSR count). The first-order valence-corrected chi connectivity index (χ1v) is 5.26. The van der Waals surface area contributed by atoms with E-state index in [9.17, 15) is 0 Å². The van der Waals surface area contributed by atoms with Crippen molar-refractivity contribution in [2.75, 3.05) is 0 Å². The molecule has 2 unspecified atom stereocenters. The predicted octanol–water partition coefficient (Wildman–Crippen LogP) is 1.57. The van der Waals surface area contributed by atoms with Crippen molar-refractivity contribution in [3.05, 3.63) is 23.7 Å². The highest BCUT2D eigenvalue weighted by atomic mass is 32.1. The number of nitrogens with zero attached hydrogens (tertiary/aromatic N) is 1. The van der Waals surface area contributed by atoms with E-state index >= 15 is 0 Å². The molecule has 4 nitrogen and oxygen atoms in total. The lowest BCUT2D eigenvalue weighted by atomic mass is 10.3. The molecule has 0 radical (unpaired) electrons. The largest absolute Gasteiger partial charge is 0.460 e. The Morgan fingerprint density at radius 1 is 1.73 bits per heavy atom. The van der Waals surface area contributed by atoms with Gasteiger partial charge in [0.1, 0.15) is 11.5 Å². The van der Waals surface area contributed by atoms with Crippen molar-refractivity contribution in [3.8, 4) is 0 Å². The van der Waals surface area contributed by atoms with Crippen molar-refractivity contribution in [2.24, 2.45) is 16.8 Å². The zero-order chi connectivity index (χ0) is 10.8. The standard InChI is InChI=1S/C10H13N3OS/c1-6-4-8(6)9-3-2-7(14-9)5-12-13-10(11)15/h2-3,5-6,8H,4H2,1H3,(H3,11,13,15). The summed E-state index contributed by atoms with van der Waals surface area (Å²) in [6, 6.07) is 3.89. The molecule has 2 atom stereocenters. The van der Waals surface area contributed by atoms with Crippen LogP contribution in [0, 0.1) is 5.92 Å². The van der Waals surface area contributed by atoms with Gasteiger partial charge in [0.2, 0.25) is 0 Å². The van der Waals surface area contributed by atoms with Crippen LogP contribution in [0.5, 0.6) is 0 Å². The van der Waals surface area contributed by atoms with E-state index in [1.54, 1.807) is 6.21 Å². The molecule has 5 heteroatoms. The smallest absolute Gasteiger partial charge is 0.184 e. The van der Waals surface area contributed by atoms with Gasteiger partial charge in [0.05, 0.1) is 6.21 Å². The fourth-order valence-electron chi connectivity index (χ4n) is 1.52. The van der Waals surface area contributed by atoms with Crippen LogP contribution in [0.25, 0.3) is 0 Å². The summed E-state index contributed by atoms with van der Waals surface area (Å²) >= 11 is 4.61. The van der Waals surface area contributed by atoms with Crippen molar-refractivity contribution in [1.82, 2.24) is 5.43 Å². The first kappa shape index (κ1) is 10.2. The zero-order valence-electron chi connectivity index (χ0n) is 8.43. The van der Waals surface area contributed by atoms with Crippen LogP contribution in [0.2, 0.25) is 0 Å². The number of nitrogens with one attached hydrogen (secondary N) is 1. The maximum Gasteiger partial charge on any atom is 0.184 e. The van der Waals surface area contributed by atoms with E-state index in [4.69, 9.17) is 10.2 Å². The Morgan fingerprint density at radius 2 is 2.47 bits per heavy atom. The minimum absolute atomic E-state index is 0.147. The fourth-order valence-corrected chi connectivity index (χ4v) is 1.57. The Morgan fingerprint density at radius 3 is 3.07 bits per heavy atom. The van der Waals surface area contributed by atoms with E-state index < -0.39 is 0 Å². The van der Waals surface area contributed by atoms with E-state index in [0.717, 1.165) is 11.7 Å². The highest BCUT2D eigenvalue weighted by Gasteiger charge is 2.36. The zero-order valence-corrected chi connectivity index (χ0v) is 9.25. The van der Waals surface area contributed by atoms with Crippen molar-refractivity contribution in [3.63, 3.8) is 0 Å². The summed E-state index contributed by atoms with van der Waals surface area (Å²) in [5.74, 6) is 3.10. The third-order valence-electron chi connectivity index (χ3n) is 2.49. The maximum absolute atomic E-state index is 5.59. The lowest BCUT2D eigenvalue weighted by Gasteiger charge is -1.92. The van der Waals surface area contributed by atoms with Gasteiger partial charge < -0.3 is 10.2 Å². The topological polar surface area (TPSA) is 63.5 Å². The molecule has 1 aliphatic rings. The normalized spacial score (nSPS) is 24.3. The molecule has 0 aromatic carbocycles. The van der Waals surface area contributed by atoms with Crippen LogP contribution in [0.4, 0.5) is 0 Å². The quantitative estimate of drug-likeness (QED) is 0.464. The van der Waals surface area contributed by atoms with Gasteiger partial charge in [-0.15, -0.1) is 0 Å². The van der Waals surface area contributed by atoms with E-state index in [1.165, 1.54) is 6.42 Å². The molecule has 15 heavy (non-hydrogen) atoms. The van der Waals surface area contributed by atoms with E-state index in [-0.39, 0.29) is 5.11 Å². The minimum Gasteiger partial charge on any atom is -0.460 e. The van der Waals surface area contributed by atoms with Gasteiger partial charge in [-0.3, -0.25) is 5.43 Å². The molecule has 0 saturated heterocycles. The maximum atomic E-state index is 5.59. The molecule has 1 aliphatic carbocycles. The molecule has 3 N–H and O–H groups in total. The summed E-state index contributed by atoms with van der Waals surface area (Å²) in [6.07, 6.45) is 2.78. The van der Waals surface area contributed by atoms with Crippen LogP contribution >= 0.6 is 12.2 Å². The van der Waals surface area contributed by atoms with Gasteiger partial charge in [0.15, 0.2) is 5.11 Å². The number of thiocarbonyl (C=S) groups is 1. The molecule has 1 saturated carbocycles. The van der Waals surface area contributed by atoms with Crippen LogP contribution in [0.15, 0.2) is 21.7 Å². The van der Waals surface area contributed by atoms with Gasteiger partial charge in [-0.2, -0.15) is 5.10 Å². The van der Waals surface area contributed by atoms with Crippen LogP contribution < -0.4 is 11.2 Å². The second kappa shape index (κ2) is 4.02. The first-order chi connectivity index (χ1) is 7.16. The van der Waals surface area contributed by atoms with Gasteiger partial charge in [-0.05, 0) is 36.7 Å². The van der Waals surface area contributed by atoms with Crippen LogP contribution in [-0.2, 0) is 0 Å². The van der Waals surface area contributed by atoms with Crippen LogP contribution in [-0.4, -0.2) is 11.3 Å². The SMILES string of the molecule is CC1CC1c1ccc(C=NNC(N)=S)o1. The minimum atomic E-state index is 0.147. The first-order valence-electron chi connectivity index (χ1n) is 4.85. The fraction of sp³-hybridized carbons (Fsp3) is 0.400. The Hall–Kier alpha value is -1.36. The highest BCUT2D eigenvalue weighted by molar-refractivity contribution is 7.80. The summed E-state index contributed by atoms with van der Waals surface area (Å²) in [4.78, 5) is 0. The van der Waals surface area contributed by atoms with Gasteiger partial charge in [0, 0.05) is 5.92 Å². The lowest BCUT2D eigenvalue weighted by molar-refractivity contribution is 0.500. The van der Waals surface area contributed by atoms with E-state index in [1.807, 2.05) is 12.1 Å². The summed E-state index contributed by atoms with van der Waals surface area (Å²) in [7, 11) is 0. The van der Waals surface area contributed by atoms with Crippen LogP contribution in [0.1, 0.15) is 30.8 Å². The van der Waals surface area contributed by atoms with E-state index in [2.05, 4.69) is 29.7 Å². The third-order valence-corrected chi connectivity index (χ3v) is 2.58. The van der Waals surface area contributed by atoms with Gasteiger partial charge in [-0.1, -0.05) is 6.92 Å². The van der Waals surface area contributed by atoms with E-state index in [0.29, 0.717) is 11.7 Å². The number of hydrogen-bond donors (Lipinski definition) is 2. The lowest BCUT2D eigenvalue weighted by Crippen LogP contribution is -2.23. The molecule has 1 aromatic heterocycles. The molecule has 0 bridgehead atoms. The molecule has 0 spiro atoms. The second-order valence-electron chi connectivity index (χ2n) is 3.79. The molecule has 80 valence electrons. The monoisotopic (exact) mass is 223 g/mol. The molecular weight excluding hydrogens is 210 g/mol. The Kier molecular flexibility index (Phi) is 2.73. The predicted molar refractivity (Wildman–Crippen MR) is 62.7 cm³/mol. The Labute approximate surface area is 93.5 Å². The average Bonchev–Trinajstić information content (AvgIpc) is 2.73. The highest BCUT2D eigenvalue weighted by Crippen LogP contribution is 2.47. The number of hydrogen-bond acceptors (Lipinski definition) is 3. The number of rotatable bonds is 3. The van der Waals surface area contributed by atoms with Gasteiger partial charge in [0.25, 0.3) is 0 Å². The van der Waals surface area contributed by atoms with Crippen LogP contribution in [0.3, 0.4) is 0 Å². The van der Waals surface area contributed by atoms with Crippen molar-refractivity contribution >= 4 is 23.5 Å². The van der Waals surface area contributed by atoms with Gasteiger partial charge in [-0.25, -0.2) is 0 Å². The average molecular weight is 223 g/mol. The van der Waals surface area contributed by atoms with Gasteiger partial charge >= 0.3 is 0 Å². The summed E-state index contributed by atoms with van der Waals surface area (Å²) < 4.78 is 5.59. The second-order valence-corrected chi connectivity index (χ2v) is 4.23. The molecule has 0 amide bonds. The number of furan rings is 1. The molecule has 1 fully saturated rings. The summed E-state index contributed by atoms with van der Waals surface area (Å²) in [5.41, 5.74) is 7.69. The molecule has 1 heterocycles. The van der Waals surface area contributed by atoms with Crippen molar-refractivity contribution in [2.45, 2.75) is 19.3 Å². The summed E-state index contributed by atoms with van der Waals surface area (Å²) in [6.45, 7) is 2.22. The Bertz CT molecular complexity index is 399. The molecular formula is C10H13N3OS. The van der Waals surface area contributed by atoms with Crippen molar-refractivity contribution < 1.29 is 4.42 Å². The van der Waals surface area contributed by atoms with Crippen molar-refractivity contribution in [1.29, 1.82) is 0 Å². The Balaban J connectivity index is 1.95. The number of hydrazone groups is 1.